The second kappa shape index (κ2) is 7.35. The van der Waals surface area contributed by atoms with Gasteiger partial charge < -0.3 is 5.73 Å². The van der Waals surface area contributed by atoms with Crippen molar-refractivity contribution in [1.82, 2.24) is 0 Å². The maximum Gasteiger partial charge on any atom is 0.277 e. The number of anilines is 1. The molecule has 0 unspecified atom stereocenters. The van der Waals surface area contributed by atoms with Gasteiger partial charge in [0.1, 0.15) is 0 Å². The SMILES string of the molecule is Nc1ccc([N+](=O)[O-])c2ccc(C(=O)CCCCCBr)cc12. The van der Waals surface area contributed by atoms with Crippen LogP contribution in [0.1, 0.15) is 36.0 Å². The topological polar surface area (TPSA) is 86.2 Å². The van der Waals surface area contributed by atoms with Crippen molar-refractivity contribution in [2.75, 3.05) is 11.1 Å². The number of ketones is 1. The number of hydrogen-bond donors (Lipinski definition) is 1. The van der Waals surface area contributed by atoms with Crippen molar-refractivity contribution in [2.24, 2.45) is 0 Å². The first kappa shape index (κ1) is 16.4. The zero-order valence-electron chi connectivity index (χ0n) is 12.0. The van der Waals surface area contributed by atoms with Gasteiger partial charge in [-0.05, 0) is 31.0 Å². The largest absolute Gasteiger partial charge is 0.398 e. The molecule has 0 heterocycles. The summed E-state index contributed by atoms with van der Waals surface area (Å²) in [5, 5.41) is 13.0. The van der Waals surface area contributed by atoms with E-state index in [1.54, 1.807) is 18.2 Å². The Morgan fingerprint density at radius 2 is 1.91 bits per heavy atom. The summed E-state index contributed by atoms with van der Waals surface area (Å²) in [4.78, 5) is 22.8. The van der Waals surface area contributed by atoms with E-state index >= 15 is 0 Å². The molecule has 5 nitrogen and oxygen atoms in total. The van der Waals surface area contributed by atoms with E-state index in [2.05, 4.69) is 15.9 Å². The third kappa shape index (κ3) is 3.62. The normalized spacial score (nSPS) is 10.8. The summed E-state index contributed by atoms with van der Waals surface area (Å²) >= 11 is 3.36. The number of halogens is 1. The molecule has 2 aromatic rings. The number of Topliss-reactive ketones (excluding diaryl/α,β-unsaturated/α-hetero) is 1. The van der Waals surface area contributed by atoms with Crippen molar-refractivity contribution in [1.29, 1.82) is 0 Å². The van der Waals surface area contributed by atoms with Gasteiger partial charge in [-0.25, -0.2) is 0 Å². The van der Waals surface area contributed by atoms with Gasteiger partial charge in [0.15, 0.2) is 5.78 Å². The number of benzene rings is 2. The van der Waals surface area contributed by atoms with Crippen LogP contribution < -0.4 is 5.73 Å². The molecule has 0 saturated heterocycles. The Balaban J connectivity index is 2.28. The molecule has 2 N–H and O–H groups in total. The van der Waals surface area contributed by atoms with Gasteiger partial charge in [0.2, 0.25) is 0 Å². The Morgan fingerprint density at radius 3 is 2.59 bits per heavy atom. The molecule has 0 saturated carbocycles. The molecule has 2 rings (SSSR count). The van der Waals surface area contributed by atoms with Crippen LogP contribution in [0.25, 0.3) is 10.8 Å². The van der Waals surface area contributed by atoms with E-state index in [4.69, 9.17) is 5.73 Å². The molecule has 0 bridgehead atoms. The van der Waals surface area contributed by atoms with Gasteiger partial charge in [-0.3, -0.25) is 14.9 Å². The van der Waals surface area contributed by atoms with Crippen molar-refractivity contribution < 1.29 is 9.72 Å². The van der Waals surface area contributed by atoms with Crippen LogP contribution in [-0.2, 0) is 0 Å². The first-order chi connectivity index (χ1) is 10.5. The van der Waals surface area contributed by atoms with Crippen molar-refractivity contribution in [2.45, 2.75) is 25.7 Å². The highest BCUT2D eigenvalue weighted by molar-refractivity contribution is 9.09. The van der Waals surface area contributed by atoms with Crippen LogP contribution in [0.4, 0.5) is 11.4 Å². The molecule has 0 spiro atoms. The third-order valence-electron chi connectivity index (χ3n) is 3.58. The van der Waals surface area contributed by atoms with E-state index in [0.717, 1.165) is 24.6 Å². The van der Waals surface area contributed by atoms with E-state index < -0.39 is 4.92 Å². The van der Waals surface area contributed by atoms with Gasteiger partial charge in [-0.1, -0.05) is 28.4 Å². The predicted octanol–water partition coefficient (Wildman–Crippen LogP) is 4.47. The quantitative estimate of drug-likeness (QED) is 0.196. The summed E-state index contributed by atoms with van der Waals surface area (Å²) in [5.41, 5.74) is 6.89. The average Bonchev–Trinajstić information content (AvgIpc) is 2.51. The molecule has 0 radical (unpaired) electrons. The number of nitrogen functional groups attached to an aromatic ring is 1. The fourth-order valence-corrected chi connectivity index (χ4v) is 2.79. The van der Waals surface area contributed by atoms with Gasteiger partial charge >= 0.3 is 0 Å². The highest BCUT2D eigenvalue weighted by atomic mass is 79.9. The lowest BCUT2D eigenvalue weighted by Gasteiger charge is -2.06. The lowest BCUT2D eigenvalue weighted by molar-refractivity contribution is -0.383. The number of hydrogen-bond acceptors (Lipinski definition) is 4. The Morgan fingerprint density at radius 1 is 1.14 bits per heavy atom. The second-order valence-electron chi connectivity index (χ2n) is 5.11. The van der Waals surface area contributed by atoms with E-state index in [1.807, 2.05) is 0 Å². The summed E-state index contributed by atoms with van der Waals surface area (Å²) < 4.78 is 0. The van der Waals surface area contributed by atoms with Gasteiger partial charge in [0, 0.05) is 34.5 Å². The number of nitrogens with zero attached hydrogens (tertiary/aromatic N) is 1. The molecular formula is C16H17BrN2O3. The Labute approximate surface area is 136 Å². The molecule has 0 amide bonds. The summed E-state index contributed by atoms with van der Waals surface area (Å²) in [6.07, 6.45) is 3.36. The fraction of sp³-hybridized carbons (Fsp3) is 0.312. The molecule has 0 aliphatic heterocycles. The summed E-state index contributed by atoms with van der Waals surface area (Å²) in [7, 11) is 0. The van der Waals surface area contributed by atoms with Crippen LogP contribution in [0.5, 0.6) is 0 Å². The molecule has 0 fully saturated rings. The van der Waals surface area contributed by atoms with Gasteiger partial charge in [0.25, 0.3) is 5.69 Å². The van der Waals surface area contributed by atoms with Crippen molar-refractivity contribution in [3.63, 3.8) is 0 Å². The Hall–Kier alpha value is -1.95. The number of carbonyl (C=O) groups is 1. The number of nitrogens with two attached hydrogens (primary N) is 1. The van der Waals surface area contributed by atoms with Crippen LogP contribution in [0.15, 0.2) is 30.3 Å². The number of carbonyl (C=O) groups excluding carboxylic acids is 1. The first-order valence-electron chi connectivity index (χ1n) is 7.10. The number of nitro groups is 1. The minimum atomic E-state index is -0.441. The van der Waals surface area contributed by atoms with Crippen LogP contribution >= 0.6 is 15.9 Å². The predicted molar refractivity (Wildman–Crippen MR) is 91.6 cm³/mol. The first-order valence-corrected chi connectivity index (χ1v) is 8.22. The van der Waals surface area contributed by atoms with Gasteiger partial charge in [-0.15, -0.1) is 0 Å². The highest BCUT2D eigenvalue weighted by Crippen LogP contribution is 2.31. The molecule has 116 valence electrons. The summed E-state index contributed by atoms with van der Waals surface area (Å²) in [6, 6.07) is 7.80. The Kier molecular flexibility index (Phi) is 5.49. The van der Waals surface area contributed by atoms with E-state index in [1.165, 1.54) is 12.1 Å². The van der Waals surface area contributed by atoms with Gasteiger partial charge in [-0.2, -0.15) is 0 Å². The smallest absolute Gasteiger partial charge is 0.277 e. The molecule has 22 heavy (non-hydrogen) atoms. The minimum absolute atomic E-state index is 0.000481. The maximum absolute atomic E-state index is 12.2. The third-order valence-corrected chi connectivity index (χ3v) is 4.14. The lowest BCUT2D eigenvalue weighted by atomic mass is 9.99. The van der Waals surface area contributed by atoms with E-state index in [0.29, 0.717) is 28.4 Å². The summed E-state index contributed by atoms with van der Waals surface area (Å²) in [5.74, 6) is 0.0439. The number of nitro benzene ring substituents is 1. The molecular weight excluding hydrogens is 348 g/mol. The minimum Gasteiger partial charge on any atom is -0.398 e. The Bertz CT molecular complexity index is 716. The van der Waals surface area contributed by atoms with E-state index in [-0.39, 0.29) is 11.5 Å². The number of rotatable bonds is 7. The number of fused-ring (bicyclic) bond motifs is 1. The molecule has 0 atom stereocenters. The van der Waals surface area contributed by atoms with Crippen molar-refractivity contribution in [3.8, 4) is 0 Å². The molecule has 6 heteroatoms. The molecule has 0 aromatic heterocycles. The monoisotopic (exact) mass is 364 g/mol. The van der Waals surface area contributed by atoms with Crippen LogP contribution in [0.3, 0.4) is 0 Å². The number of unbranched alkanes of at least 4 members (excludes halogenated alkanes) is 2. The zero-order chi connectivity index (χ0) is 16.1. The van der Waals surface area contributed by atoms with Gasteiger partial charge in [0.05, 0.1) is 10.3 Å². The van der Waals surface area contributed by atoms with Crippen molar-refractivity contribution in [3.05, 3.63) is 46.0 Å². The maximum atomic E-state index is 12.2. The second-order valence-corrected chi connectivity index (χ2v) is 5.91. The number of non-ortho nitro benzene ring substituents is 1. The van der Waals surface area contributed by atoms with Crippen LogP contribution in [-0.4, -0.2) is 16.0 Å². The van der Waals surface area contributed by atoms with Crippen LogP contribution in [0, 0.1) is 10.1 Å². The zero-order valence-corrected chi connectivity index (χ0v) is 13.6. The van der Waals surface area contributed by atoms with Crippen molar-refractivity contribution >= 4 is 43.9 Å². The fourth-order valence-electron chi connectivity index (χ4n) is 2.39. The van der Waals surface area contributed by atoms with E-state index in [9.17, 15) is 14.9 Å². The highest BCUT2D eigenvalue weighted by Gasteiger charge is 2.15. The number of alkyl halides is 1. The molecule has 2 aromatic carbocycles. The molecule has 0 aliphatic rings. The van der Waals surface area contributed by atoms with Crippen LogP contribution in [0.2, 0.25) is 0 Å². The lowest BCUT2D eigenvalue weighted by Crippen LogP contribution is -2.00. The summed E-state index contributed by atoms with van der Waals surface area (Å²) in [6.45, 7) is 0. The average molecular weight is 365 g/mol. The standard InChI is InChI=1S/C16H17BrN2O3/c17-9-3-1-2-4-16(20)11-5-6-12-13(10-11)14(18)7-8-15(12)19(21)22/h5-8,10H,1-4,9,18H2. The molecule has 0 aliphatic carbocycles.